The Hall–Kier alpha value is -2.14. The third kappa shape index (κ3) is 3.21. The first-order valence-electron chi connectivity index (χ1n) is 8.55. The van der Waals surface area contributed by atoms with E-state index >= 15 is 0 Å². The van der Waals surface area contributed by atoms with E-state index in [-0.39, 0.29) is 17.8 Å². The van der Waals surface area contributed by atoms with E-state index in [1.165, 1.54) is 17.8 Å². The Bertz CT molecular complexity index is 783. The van der Waals surface area contributed by atoms with Crippen LogP contribution in [-0.4, -0.2) is 22.0 Å². The Balaban J connectivity index is 1.62. The Morgan fingerprint density at radius 3 is 2.56 bits per heavy atom. The van der Waals surface area contributed by atoms with Crippen LogP contribution in [0.15, 0.2) is 54.7 Å². The molecule has 5 heteroatoms. The van der Waals surface area contributed by atoms with E-state index in [0.717, 1.165) is 31.0 Å². The van der Waals surface area contributed by atoms with Crippen molar-refractivity contribution in [1.82, 2.24) is 9.88 Å². The molecule has 25 heavy (non-hydrogen) atoms. The summed E-state index contributed by atoms with van der Waals surface area (Å²) in [5.74, 6) is 0. The van der Waals surface area contributed by atoms with Crippen molar-refractivity contribution in [3.8, 4) is 0 Å². The summed E-state index contributed by atoms with van der Waals surface area (Å²) in [7, 11) is 0. The van der Waals surface area contributed by atoms with E-state index in [9.17, 15) is 13.2 Å². The molecule has 130 valence electrons. The molecule has 2 unspecified atom stereocenters. The summed E-state index contributed by atoms with van der Waals surface area (Å²) in [5.41, 5.74) is 1.46. The quantitative estimate of drug-likeness (QED) is 0.786. The van der Waals surface area contributed by atoms with Crippen molar-refractivity contribution >= 4 is 5.57 Å². The van der Waals surface area contributed by atoms with Crippen molar-refractivity contribution < 1.29 is 13.2 Å². The monoisotopic (exact) mass is 344 g/mol. The zero-order valence-electron chi connectivity index (χ0n) is 13.7. The van der Waals surface area contributed by atoms with Gasteiger partial charge in [-0.25, -0.2) is 0 Å². The van der Waals surface area contributed by atoms with Crippen molar-refractivity contribution in [2.75, 3.05) is 0 Å². The molecule has 0 radical (unpaired) electrons. The lowest BCUT2D eigenvalue weighted by atomic mass is 9.94. The number of fused-ring (bicyclic) bond motifs is 2. The third-order valence-electron chi connectivity index (χ3n) is 5.17. The molecule has 0 aliphatic carbocycles. The molecule has 3 heterocycles. The lowest BCUT2D eigenvalue weighted by Gasteiger charge is -2.34. The molecule has 1 saturated heterocycles. The largest absolute Gasteiger partial charge is 0.418 e. The van der Waals surface area contributed by atoms with Gasteiger partial charge >= 0.3 is 6.18 Å². The second kappa shape index (κ2) is 6.30. The van der Waals surface area contributed by atoms with Gasteiger partial charge in [0.2, 0.25) is 0 Å². The lowest BCUT2D eigenvalue weighted by molar-refractivity contribution is -0.138. The van der Waals surface area contributed by atoms with Crippen molar-refractivity contribution in [3.05, 3.63) is 71.6 Å². The van der Waals surface area contributed by atoms with Gasteiger partial charge in [0.1, 0.15) is 0 Å². The first kappa shape index (κ1) is 16.3. The van der Waals surface area contributed by atoms with Gasteiger partial charge in [0.05, 0.1) is 11.3 Å². The highest BCUT2D eigenvalue weighted by Gasteiger charge is 2.40. The zero-order valence-corrected chi connectivity index (χ0v) is 13.7. The lowest BCUT2D eigenvalue weighted by Crippen LogP contribution is -2.38. The van der Waals surface area contributed by atoms with Crippen molar-refractivity contribution in [1.29, 1.82) is 0 Å². The highest BCUT2D eigenvalue weighted by molar-refractivity contribution is 5.68. The van der Waals surface area contributed by atoms with E-state index in [1.54, 1.807) is 0 Å². The maximum atomic E-state index is 13.3. The molecule has 0 saturated carbocycles. The molecule has 4 rings (SSSR count). The molecule has 2 aliphatic rings. The summed E-state index contributed by atoms with van der Waals surface area (Å²) in [6.45, 7) is 0.842. The number of nitrogens with zero attached hydrogens (tertiary/aromatic N) is 2. The van der Waals surface area contributed by atoms with E-state index in [1.807, 2.05) is 24.3 Å². The fourth-order valence-electron chi connectivity index (χ4n) is 4.02. The van der Waals surface area contributed by atoms with Gasteiger partial charge in [-0.3, -0.25) is 9.88 Å². The second-order valence-electron chi connectivity index (χ2n) is 6.75. The van der Waals surface area contributed by atoms with Gasteiger partial charge in [-0.1, -0.05) is 36.4 Å². The predicted octanol–water partition coefficient (Wildman–Crippen LogP) is 4.92. The first-order valence-corrected chi connectivity index (χ1v) is 8.55. The minimum Gasteiger partial charge on any atom is -0.289 e. The molecule has 0 spiro atoms. The van der Waals surface area contributed by atoms with Gasteiger partial charge in [-0.05, 0) is 42.5 Å². The number of rotatable bonds is 3. The summed E-state index contributed by atoms with van der Waals surface area (Å²) in [5, 5.41) is 0. The molecule has 2 nitrogen and oxygen atoms in total. The fourth-order valence-corrected chi connectivity index (χ4v) is 4.02. The number of halogens is 3. The standard InChI is InChI=1S/C20H19F3N2/c21-20(22,23)18-7-4-10-24-19(18)15-11-16-8-9-17(12-15)25(16)13-14-5-2-1-3-6-14/h1-7,10-11,16-17H,8-9,12-13H2. The van der Waals surface area contributed by atoms with E-state index in [2.05, 4.69) is 22.0 Å². The molecular formula is C20H19F3N2. The van der Waals surface area contributed by atoms with E-state index in [0.29, 0.717) is 6.42 Å². The average molecular weight is 344 g/mol. The van der Waals surface area contributed by atoms with Crippen LogP contribution in [0, 0.1) is 0 Å². The van der Waals surface area contributed by atoms with Gasteiger partial charge in [0.25, 0.3) is 0 Å². The fraction of sp³-hybridized carbons (Fsp3) is 0.350. The van der Waals surface area contributed by atoms with Gasteiger partial charge < -0.3 is 0 Å². The summed E-state index contributed by atoms with van der Waals surface area (Å²) >= 11 is 0. The predicted molar refractivity (Wildman–Crippen MR) is 90.6 cm³/mol. The van der Waals surface area contributed by atoms with Crippen LogP contribution in [0.3, 0.4) is 0 Å². The Labute approximate surface area is 145 Å². The molecule has 0 amide bonds. The summed E-state index contributed by atoms with van der Waals surface area (Å²) < 4.78 is 39.9. The SMILES string of the molecule is FC(F)(F)c1cccnc1C1=CC2CCC(C1)N2Cc1ccccc1. The normalized spacial score (nSPS) is 23.6. The molecular weight excluding hydrogens is 325 g/mol. The number of alkyl halides is 3. The van der Waals surface area contributed by atoms with Crippen molar-refractivity contribution in [2.45, 2.75) is 44.1 Å². The van der Waals surface area contributed by atoms with Crippen LogP contribution in [0.1, 0.15) is 36.1 Å². The van der Waals surface area contributed by atoms with E-state index in [4.69, 9.17) is 0 Å². The first-order chi connectivity index (χ1) is 12.0. The smallest absolute Gasteiger partial charge is 0.289 e. The van der Waals surface area contributed by atoms with Crippen LogP contribution in [0.5, 0.6) is 0 Å². The highest BCUT2D eigenvalue weighted by Crippen LogP contribution is 2.42. The van der Waals surface area contributed by atoms with Crippen LogP contribution in [0.4, 0.5) is 13.2 Å². The minimum atomic E-state index is -4.37. The van der Waals surface area contributed by atoms with E-state index < -0.39 is 11.7 Å². The molecule has 2 atom stereocenters. The Morgan fingerprint density at radius 1 is 1.04 bits per heavy atom. The number of hydrogen-bond acceptors (Lipinski definition) is 2. The number of aromatic nitrogens is 1. The molecule has 1 aromatic heterocycles. The Morgan fingerprint density at radius 2 is 1.84 bits per heavy atom. The van der Waals surface area contributed by atoms with Crippen LogP contribution >= 0.6 is 0 Å². The van der Waals surface area contributed by atoms with Crippen molar-refractivity contribution in [2.24, 2.45) is 0 Å². The minimum absolute atomic E-state index is 0.103. The van der Waals surface area contributed by atoms with Gasteiger partial charge in [-0.2, -0.15) is 13.2 Å². The molecule has 1 aromatic carbocycles. The van der Waals surface area contributed by atoms with Crippen LogP contribution < -0.4 is 0 Å². The zero-order chi connectivity index (χ0) is 17.4. The molecule has 2 aromatic rings. The summed E-state index contributed by atoms with van der Waals surface area (Å²) in [4.78, 5) is 6.48. The maximum absolute atomic E-state index is 13.3. The Kier molecular flexibility index (Phi) is 4.12. The van der Waals surface area contributed by atoms with Crippen molar-refractivity contribution in [3.63, 3.8) is 0 Å². The molecule has 0 N–H and O–H groups in total. The second-order valence-corrected chi connectivity index (χ2v) is 6.75. The van der Waals surface area contributed by atoms with Gasteiger partial charge in [-0.15, -0.1) is 0 Å². The summed E-state index contributed by atoms with van der Waals surface area (Å²) in [6.07, 6.45) is 1.72. The topological polar surface area (TPSA) is 16.1 Å². The average Bonchev–Trinajstić information content (AvgIpc) is 2.83. The van der Waals surface area contributed by atoms with Crippen LogP contribution in [-0.2, 0) is 12.7 Å². The number of benzene rings is 1. The summed E-state index contributed by atoms with van der Waals surface area (Å²) in [6, 6.07) is 13.2. The maximum Gasteiger partial charge on any atom is 0.418 e. The van der Waals surface area contributed by atoms with Gasteiger partial charge in [0.15, 0.2) is 0 Å². The number of hydrogen-bond donors (Lipinski definition) is 0. The third-order valence-corrected chi connectivity index (χ3v) is 5.17. The van der Waals surface area contributed by atoms with Gasteiger partial charge in [0, 0.05) is 24.8 Å². The molecule has 2 bridgehead atoms. The number of pyridine rings is 1. The van der Waals surface area contributed by atoms with Crippen LogP contribution in [0.2, 0.25) is 0 Å². The van der Waals surface area contributed by atoms with Crippen LogP contribution in [0.25, 0.3) is 5.57 Å². The molecule has 2 aliphatic heterocycles. The molecule has 1 fully saturated rings. The highest BCUT2D eigenvalue weighted by atomic mass is 19.4.